The summed E-state index contributed by atoms with van der Waals surface area (Å²) in [5.41, 5.74) is 0.964. The predicted octanol–water partition coefficient (Wildman–Crippen LogP) is 3.14. The number of hydrogen-bond acceptors (Lipinski definition) is 4. The highest BCUT2D eigenvalue weighted by Crippen LogP contribution is 2.49. The van der Waals surface area contributed by atoms with Gasteiger partial charge in [-0.1, -0.05) is 23.7 Å². The molecule has 27 heavy (non-hydrogen) atoms. The van der Waals surface area contributed by atoms with Gasteiger partial charge >= 0.3 is 0 Å². The Kier molecular flexibility index (Phi) is 3.39. The topological polar surface area (TPSA) is 66.7 Å². The first-order valence-corrected chi connectivity index (χ1v) is 8.90. The van der Waals surface area contributed by atoms with Crippen LogP contribution in [0.15, 0.2) is 65.5 Å². The van der Waals surface area contributed by atoms with E-state index in [0.717, 1.165) is 5.56 Å². The van der Waals surface area contributed by atoms with Crippen molar-refractivity contribution in [3.63, 3.8) is 0 Å². The molecule has 2 aliphatic rings. The summed E-state index contributed by atoms with van der Waals surface area (Å²) in [5, 5.41) is 0.583. The summed E-state index contributed by atoms with van der Waals surface area (Å²) in [6, 6.07) is 12.2. The number of nitrogens with zero attached hydrogens (tertiary/aromatic N) is 3. The van der Waals surface area contributed by atoms with Gasteiger partial charge in [-0.3, -0.25) is 14.6 Å². The Morgan fingerprint density at radius 1 is 1.15 bits per heavy atom. The van der Waals surface area contributed by atoms with Crippen LogP contribution in [0.25, 0.3) is 0 Å². The summed E-state index contributed by atoms with van der Waals surface area (Å²) in [7, 11) is 0. The number of furan rings is 1. The van der Waals surface area contributed by atoms with Gasteiger partial charge in [0.1, 0.15) is 0 Å². The molecule has 7 heteroatoms. The quantitative estimate of drug-likeness (QED) is 0.686. The van der Waals surface area contributed by atoms with Gasteiger partial charge in [0.2, 0.25) is 0 Å². The summed E-state index contributed by atoms with van der Waals surface area (Å²) in [6.45, 7) is 0.810. The van der Waals surface area contributed by atoms with Crippen molar-refractivity contribution in [2.75, 3.05) is 13.1 Å². The highest BCUT2D eigenvalue weighted by Gasteiger charge is 2.60. The molecule has 2 aliphatic heterocycles. The molecule has 5 rings (SSSR count). The van der Waals surface area contributed by atoms with E-state index in [0.29, 0.717) is 29.2 Å². The van der Waals surface area contributed by atoms with Crippen LogP contribution in [-0.2, 0) is 5.66 Å². The fourth-order valence-corrected chi connectivity index (χ4v) is 4.27. The second-order valence-corrected chi connectivity index (χ2v) is 6.93. The number of benzene rings is 1. The monoisotopic (exact) mass is 379 g/mol. The zero-order valence-electron chi connectivity index (χ0n) is 14.1. The summed E-state index contributed by atoms with van der Waals surface area (Å²) >= 11 is 6.08. The number of halogens is 1. The third-order valence-electron chi connectivity index (χ3n) is 5.22. The van der Waals surface area contributed by atoms with Crippen LogP contribution < -0.4 is 0 Å². The van der Waals surface area contributed by atoms with Gasteiger partial charge in [0.05, 0.1) is 11.8 Å². The third-order valence-corrected chi connectivity index (χ3v) is 5.48. The average molecular weight is 380 g/mol. The summed E-state index contributed by atoms with van der Waals surface area (Å²) in [6.07, 6.45) is 4.72. The first-order valence-electron chi connectivity index (χ1n) is 8.52. The third kappa shape index (κ3) is 2.04. The molecule has 4 heterocycles. The first kappa shape index (κ1) is 16.1. The summed E-state index contributed by atoms with van der Waals surface area (Å²) in [5.74, 6) is -0.158. The minimum Gasteiger partial charge on any atom is -0.459 e. The smallest absolute Gasteiger partial charge is 0.291 e. The molecule has 1 unspecified atom stereocenters. The maximum atomic E-state index is 13.3. The van der Waals surface area contributed by atoms with E-state index in [9.17, 15) is 9.59 Å². The minimum absolute atomic E-state index is 0.114. The molecule has 0 saturated carbocycles. The van der Waals surface area contributed by atoms with Crippen LogP contribution in [0.2, 0.25) is 5.02 Å². The van der Waals surface area contributed by atoms with Gasteiger partial charge in [0.15, 0.2) is 11.4 Å². The van der Waals surface area contributed by atoms with Gasteiger partial charge in [0.25, 0.3) is 11.8 Å². The lowest BCUT2D eigenvalue weighted by atomic mass is 9.91. The molecule has 1 saturated heterocycles. The SMILES string of the molecule is O=C(c1ccco1)N1CCN2C(=O)c3ccncc3C12c1ccc(Cl)cc1. The van der Waals surface area contributed by atoms with E-state index in [1.165, 1.54) is 6.26 Å². The van der Waals surface area contributed by atoms with Crippen LogP contribution in [-0.4, -0.2) is 39.7 Å². The van der Waals surface area contributed by atoms with Gasteiger partial charge in [-0.05, 0) is 30.3 Å². The number of rotatable bonds is 2. The number of amides is 2. The number of carbonyl (C=O) groups excluding carboxylic acids is 2. The Morgan fingerprint density at radius 2 is 1.96 bits per heavy atom. The highest BCUT2D eigenvalue weighted by atomic mass is 35.5. The molecule has 2 aromatic heterocycles. The molecule has 1 fully saturated rings. The van der Waals surface area contributed by atoms with Crippen molar-refractivity contribution in [2.45, 2.75) is 5.66 Å². The molecule has 0 spiro atoms. The largest absolute Gasteiger partial charge is 0.459 e. The van der Waals surface area contributed by atoms with E-state index < -0.39 is 5.66 Å². The van der Waals surface area contributed by atoms with Gasteiger partial charge in [-0.2, -0.15) is 0 Å². The molecule has 134 valence electrons. The summed E-state index contributed by atoms with van der Waals surface area (Å²) in [4.78, 5) is 34.0. The highest BCUT2D eigenvalue weighted by molar-refractivity contribution is 6.30. The normalized spacial score (nSPS) is 20.7. The Balaban J connectivity index is 1.78. The molecule has 0 radical (unpaired) electrons. The Morgan fingerprint density at radius 3 is 2.70 bits per heavy atom. The van der Waals surface area contributed by atoms with Gasteiger partial charge < -0.3 is 14.2 Å². The van der Waals surface area contributed by atoms with Crippen molar-refractivity contribution in [2.24, 2.45) is 0 Å². The zero-order valence-corrected chi connectivity index (χ0v) is 14.9. The maximum Gasteiger partial charge on any atom is 0.291 e. The van der Waals surface area contributed by atoms with Crippen molar-refractivity contribution in [1.82, 2.24) is 14.8 Å². The van der Waals surface area contributed by atoms with Crippen LogP contribution in [0.1, 0.15) is 32.0 Å². The number of pyridine rings is 1. The maximum absolute atomic E-state index is 13.3. The Labute approximate surface area is 160 Å². The van der Waals surface area contributed by atoms with E-state index in [-0.39, 0.29) is 17.6 Å². The molecule has 6 nitrogen and oxygen atoms in total. The lowest BCUT2D eigenvalue weighted by molar-refractivity contribution is 0.0354. The standard InChI is InChI=1S/C20H14ClN3O3/c21-14-5-3-13(4-6-14)20-16-12-22-8-7-15(16)18(25)23(20)9-10-24(20)19(26)17-2-1-11-27-17/h1-8,11-12H,9-10H2. The first-order chi connectivity index (χ1) is 13.1. The van der Waals surface area contributed by atoms with E-state index >= 15 is 0 Å². The molecule has 1 aromatic carbocycles. The lowest BCUT2D eigenvalue weighted by Crippen LogP contribution is -2.51. The van der Waals surface area contributed by atoms with E-state index in [2.05, 4.69) is 4.98 Å². The molecule has 0 bridgehead atoms. The molecular formula is C20H14ClN3O3. The molecule has 1 atom stereocenters. The lowest BCUT2D eigenvalue weighted by Gasteiger charge is -2.39. The van der Waals surface area contributed by atoms with Crippen LogP contribution in [0.4, 0.5) is 0 Å². The Bertz CT molecular complexity index is 1050. The second kappa shape index (κ2) is 5.69. The van der Waals surface area contributed by atoms with Gasteiger partial charge in [0, 0.05) is 41.6 Å². The number of hydrogen-bond donors (Lipinski definition) is 0. The van der Waals surface area contributed by atoms with Crippen molar-refractivity contribution >= 4 is 23.4 Å². The fourth-order valence-electron chi connectivity index (χ4n) is 4.14. The van der Waals surface area contributed by atoms with E-state index in [4.69, 9.17) is 16.0 Å². The van der Waals surface area contributed by atoms with Crippen molar-refractivity contribution < 1.29 is 14.0 Å². The van der Waals surface area contributed by atoms with Crippen LogP contribution in [0.3, 0.4) is 0 Å². The van der Waals surface area contributed by atoms with Crippen LogP contribution in [0, 0.1) is 0 Å². The van der Waals surface area contributed by atoms with Crippen molar-refractivity contribution in [3.8, 4) is 0 Å². The average Bonchev–Trinajstić information content (AvgIpc) is 3.40. The number of fused-ring (bicyclic) bond motifs is 3. The summed E-state index contributed by atoms with van der Waals surface area (Å²) < 4.78 is 5.34. The number of aromatic nitrogens is 1. The van der Waals surface area contributed by atoms with Gasteiger partial charge in [-0.25, -0.2) is 0 Å². The van der Waals surface area contributed by atoms with Crippen molar-refractivity contribution in [3.05, 3.63) is 88.6 Å². The molecule has 0 N–H and O–H groups in total. The molecular weight excluding hydrogens is 366 g/mol. The second-order valence-electron chi connectivity index (χ2n) is 6.49. The van der Waals surface area contributed by atoms with Crippen LogP contribution >= 0.6 is 11.6 Å². The van der Waals surface area contributed by atoms with E-state index in [1.54, 1.807) is 52.5 Å². The minimum atomic E-state index is -1.06. The number of carbonyl (C=O) groups is 2. The van der Waals surface area contributed by atoms with Crippen LogP contribution in [0.5, 0.6) is 0 Å². The fraction of sp³-hybridized carbons (Fsp3) is 0.150. The molecule has 2 amide bonds. The molecule has 0 aliphatic carbocycles. The Hall–Kier alpha value is -3.12. The van der Waals surface area contributed by atoms with E-state index in [1.807, 2.05) is 12.1 Å². The zero-order chi connectivity index (χ0) is 18.6. The predicted molar refractivity (Wildman–Crippen MR) is 97.3 cm³/mol. The van der Waals surface area contributed by atoms with Gasteiger partial charge in [-0.15, -0.1) is 0 Å². The van der Waals surface area contributed by atoms with Crippen molar-refractivity contribution in [1.29, 1.82) is 0 Å². The molecule has 3 aromatic rings.